The van der Waals surface area contributed by atoms with Crippen LogP contribution in [0.3, 0.4) is 0 Å². The zero-order valence-corrected chi connectivity index (χ0v) is 14.0. The van der Waals surface area contributed by atoms with E-state index in [1.54, 1.807) is 12.1 Å². The monoisotopic (exact) mass is 338 g/mol. The number of amides is 2. The molecule has 2 N–H and O–H groups in total. The quantitative estimate of drug-likeness (QED) is 0.727. The van der Waals surface area contributed by atoms with Crippen LogP contribution in [0.1, 0.15) is 28.8 Å². The SMILES string of the molecule is O=C(NCCNC(=O)C1CC1)c1ccc(COc2ccccc2)cc1. The molecule has 2 aromatic rings. The van der Waals surface area contributed by atoms with Gasteiger partial charge in [-0.1, -0.05) is 30.3 Å². The molecule has 130 valence electrons. The van der Waals surface area contributed by atoms with Crippen molar-refractivity contribution in [1.29, 1.82) is 0 Å². The van der Waals surface area contributed by atoms with Crippen LogP contribution in [0.4, 0.5) is 0 Å². The van der Waals surface area contributed by atoms with E-state index in [1.807, 2.05) is 42.5 Å². The Morgan fingerprint density at radius 2 is 1.60 bits per heavy atom. The number of rotatable bonds is 8. The third-order valence-electron chi connectivity index (χ3n) is 4.02. The van der Waals surface area contributed by atoms with Crippen molar-refractivity contribution in [3.05, 3.63) is 65.7 Å². The Kier molecular flexibility index (Phi) is 5.67. The summed E-state index contributed by atoms with van der Waals surface area (Å²) < 4.78 is 5.68. The molecule has 0 aliphatic heterocycles. The highest BCUT2D eigenvalue weighted by Gasteiger charge is 2.28. The van der Waals surface area contributed by atoms with Gasteiger partial charge in [0, 0.05) is 24.6 Å². The highest BCUT2D eigenvalue weighted by atomic mass is 16.5. The van der Waals surface area contributed by atoms with Crippen LogP contribution in [0.5, 0.6) is 5.75 Å². The Bertz CT molecular complexity index is 709. The van der Waals surface area contributed by atoms with E-state index in [4.69, 9.17) is 4.74 Å². The Morgan fingerprint density at radius 1 is 0.920 bits per heavy atom. The van der Waals surface area contributed by atoms with Gasteiger partial charge in [0.2, 0.25) is 5.91 Å². The number of carbonyl (C=O) groups is 2. The second kappa shape index (κ2) is 8.33. The maximum atomic E-state index is 12.1. The highest BCUT2D eigenvalue weighted by Crippen LogP contribution is 2.28. The van der Waals surface area contributed by atoms with Crippen LogP contribution in [0.15, 0.2) is 54.6 Å². The van der Waals surface area contributed by atoms with E-state index in [1.165, 1.54) is 0 Å². The van der Waals surface area contributed by atoms with Gasteiger partial charge >= 0.3 is 0 Å². The molecule has 0 saturated heterocycles. The molecule has 0 bridgehead atoms. The third-order valence-corrected chi connectivity index (χ3v) is 4.02. The van der Waals surface area contributed by atoms with Crippen molar-refractivity contribution in [2.24, 2.45) is 5.92 Å². The molecule has 2 aromatic carbocycles. The molecule has 0 aromatic heterocycles. The molecule has 0 heterocycles. The molecule has 0 unspecified atom stereocenters. The first-order valence-electron chi connectivity index (χ1n) is 8.55. The maximum absolute atomic E-state index is 12.1. The maximum Gasteiger partial charge on any atom is 0.251 e. The van der Waals surface area contributed by atoms with E-state index in [-0.39, 0.29) is 17.7 Å². The summed E-state index contributed by atoms with van der Waals surface area (Å²) in [6.45, 7) is 1.35. The first kappa shape index (κ1) is 17.0. The first-order valence-corrected chi connectivity index (χ1v) is 8.55. The van der Waals surface area contributed by atoms with Crippen LogP contribution < -0.4 is 15.4 Å². The van der Waals surface area contributed by atoms with Crippen molar-refractivity contribution in [1.82, 2.24) is 10.6 Å². The van der Waals surface area contributed by atoms with Crippen LogP contribution in [0, 0.1) is 5.92 Å². The summed E-state index contributed by atoms with van der Waals surface area (Å²) >= 11 is 0. The van der Waals surface area contributed by atoms with Gasteiger partial charge in [-0.3, -0.25) is 9.59 Å². The average molecular weight is 338 g/mol. The molecule has 1 saturated carbocycles. The summed E-state index contributed by atoms with van der Waals surface area (Å²) in [4.78, 5) is 23.6. The summed E-state index contributed by atoms with van der Waals surface area (Å²) in [5.41, 5.74) is 1.59. The Morgan fingerprint density at radius 3 is 2.28 bits per heavy atom. The first-order chi connectivity index (χ1) is 12.2. The van der Waals surface area contributed by atoms with Gasteiger partial charge in [-0.05, 0) is 42.7 Å². The van der Waals surface area contributed by atoms with Gasteiger partial charge in [-0.25, -0.2) is 0 Å². The van der Waals surface area contributed by atoms with Crippen LogP contribution in [0.2, 0.25) is 0 Å². The summed E-state index contributed by atoms with van der Waals surface area (Å²) in [6.07, 6.45) is 1.97. The number of nitrogens with one attached hydrogen (secondary N) is 2. The van der Waals surface area contributed by atoms with Gasteiger partial charge in [-0.2, -0.15) is 0 Å². The van der Waals surface area contributed by atoms with E-state index in [0.29, 0.717) is 25.3 Å². The summed E-state index contributed by atoms with van der Waals surface area (Å²) in [5.74, 6) is 0.965. The topological polar surface area (TPSA) is 67.4 Å². The molecule has 0 radical (unpaired) electrons. The minimum atomic E-state index is -0.142. The zero-order chi connectivity index (χ0) is 17.5. The Labute approximate surface area is 147 Å². The molecular formula is C20H22N2O3. The fourth-order valence-electron chi connectivity index (χ4n) is 2.39. The van der Waals surface area contributed by atoms with Crippen molar-refractivity contribution in [2.75, 3.05) is 13.1 Å². The standard InChI is InChI=1S/C20H22N2O3/c23-19(21-12-13-22-20(24)17-10-11-17)16-8-6-15(7-9-16)14-25-18-4-2-1-3-5-18/h1-9,17H,10-14H2,(H,21,23)(H,22,24). The van der Waals surface area contributed by atoms with Gasteiger partial charge in [0.05, 0.1) is 0 Å². The largest absolute Gasteiger partial charge is 0.489 e. The van der Waals surface area contributed by atoms with Gasteiger partial charge in [-0.15, -0.1) is 0 Å². The molecule has 0 atom stereocenters. The van der Waals surface area contributed by atoms with Gasteiger partial charge in [0.15, 0.2) is 0 Å². The number of ether oxygens (including phenoxy) is 1. The smallest absolute Gasteiger partial charge is 0.251 e. The van der Waals surface area contributed by atoms with Crippen LogP contribution in [-0.2, 0) is 11.4 Å². The van der Waals surface area contributed by atoms with E-state index in [9.17, 15) is 9.59 Å². The van der Waals surface area contributed by atoms with Crippen molar-refractivity contribution >= 4 is 11.8 Å². The molecule has 25 heavy (non-hydrogen) atoms. The molecule has 5 nitrogen and oxygen atoms in total. The summed E-state index contributed by atoms with van der Waals surface area (Å²) in [7, 11) is 0. The lowest BCUT2D eigenvalue weighted by atomic mass is 10.1. The number of benzene rings is 2. The van der Waals surface area contributed by atoms with E-state index >= 15 is 0 Å². The molecule has 1 fully saturated rings. The Balaban J connectivity index is 1.40. The van der Waals surface area contributed by atoms with E-state index in [2.05, 4.69) is 10.6 Å². The minimum absolute atomic E-state index is 0.0945. The average Bonchev–Trinajstić information content (AvgIpc) is 3.50. The molecule has 0 spiro atoms. The second-order valence-corrected chi connectivity index (χ2v) is 6.12. The van der Waals surface area contributed by atoms with Crippen molar-refractivity contribution in [3.63, 3.8) is 0 Å². The van der Waals surface area contributed by atoms with Gasteiger partial charge in [0.25, 0.3) is 5.91 Å². The summed E-state index contributed by atoms with van der Waals surface area (Å²) in [6, 6.07) is 16.9. The fraction of sp³-hybridized carbons (Fsp3) is 0.300. The van der Waals surface area contributed by atoms with Gasteiger partial charge in [0.1, 0.15) is 12.4 Å². The van der Waals surface area contributed by atoms with E-state index in [0.717, 1.165) is 24.2 Å². The molecule has 3 rings (SSSR count). The predicted molar refractivity (Wildman–Crippen MR) is 95.3 cm³/mol. The van der Waals surface area contributed by atoms with Crippen molar-refractivity contribution in [2.45, 2.75) is 19.4 Å². The zero-order valence-electron chi connectivity index (χ0n) is 14.0. The number of carbonyl (C=O) groups excluding carboxylic acids is 2. The normalized spacial score (nSPS) is 13.1. The van der Waals surface area contributed by atoms with Crippen LogP contribution in [0.25, 0.3) is 0 Å². The van der Waals surface area contributed by atoms with Crippen molar-refractivity contribution < 1.29 is 14.3 Å². The lowest BCUT2D eigenvalue weighted by molar-refractivity contribution is -0.122. The molecule has 2 amide bonds. The van der Waals surface area contributed by atoms with Crippen molar-refractivity contribution in [3.8, 4) is 5.75 Å². The van der Waals surface area contributed by atoms with Crippen LogP contribution in [-0.4, -0.2) is 24.9 Å². The van der Waals surface area contributed by atoms with Crippen LogP contribution >= 0.6 is 0 Å². The molecule has 5 heteroatoms. The van der Waals surface area contributed by atoms with Gasteiger partial charge < -0.3 is 15.4 Å². The molecule has 1 aliphatic rings. The van der Waals surface area contributed by atoms with E-state index < -0.39 is 0 Å². The fourth-order valence-corrected chi connectivity index (χ4v) is 2.39. The number of hydrogen-bond donors (Lipinski definition) is 2. The predicted octanol–water partition coefficient (Wildman–Crippen LogP) is 2.52. The Hall–Kier alpha value is -2.82. The second-order valence-electron chi connectivity index (χ2n) is 6.12. The number of hydrogen-bond acceptors (Lipinski definition) is 3. The lowest BCUT2D eigenvalue weighted by Crippen LogP contribution is -2.35. The summed E-state index contributed by atoms with van der Waals surface area (Å²) in [5, 5.41) is 5.63. The molecule has 1 aliphatic carbocycles. The highest BCUT2D eigenvalue weighted by molar-refractivity contribution is 5.94. The lowest BCUT2D eigenvalue weighted by Gasteiger charge is -2.08. The molecular weight excluding hydrogens is 316 g/mol. The third kappa shape index (κ3) is 5.35. The minimum Gasteiger partial charge on any atom is -0.489 e. The number of para-hydroxylation sites is 1.